The number of aromatic nitrogens is 1. The third-order valence-corrected chi connectivity index (χ3v) is 5.22. The maximum atomic E-state index is 11.8. The predicted octanol–water partition coefficient (Wildman–Crippen LogP) is 6.03. The number of halogens is 1. The number of hydrogen-bond acceptors (Lipinski definition) is 2. The van der Waals surface area contributed by atoms with Gasteiger partial charge in [-0.2, -0.15) is 0 Å². The van der Waals surface area contributed by atoms with E-state index in [-0.39, 0.29) is 5.97 Å². The SMILES string of the molecule is CCC(CC)c1cc2cc(Cl)ccc2n1Cc1cccc(C(=O)OC)c1. The van der Waals surface area contributed by atoms with Gasteiger partial charge in [0.15, 0.2) is 0 Å². The highest BCUT2D eigenvalue weighted by Crippen LogP contribution is 2.32. The zero-order chi connectivity index (χ0) is 18.7. The summed E-state index contributed by atoms with van der Waals surface area (Å²) < 4.78 is 7.19. The molecule has 0 fully saturated rings. The molecule has 136 valence electrons. The number of carbonyl (C=O) groups is 1. The minimum absolute atomic E-state index is 0.309. The Morgan fingerprint density at radius 1 is 1.12 bits per heavy atom. The highest BCUT2D eigenvalue weighted by Gasteiger charge is 2.17. The van der Waals surface area contributed by atoms with E-state index in [0.717, 1.165) is 28.8 Å². The fraction of sp³-hybridized carbons (Fsp3) is 0.318. The Morgan fingerprint density at radius 2 is 1.88 bits per heavy atom. The van der Waals surface area contributed by atoms with Gasteiger partial charge in [0.05, 0.1) is 12.7 Å². The van der Waals surface area contributed by atoms with Crippen LogP contribution in [0.1, 0.15) is 54.2 Å². The molecule has 3 nitrogen and oxygen atoms in total. The van der Waals surface area contributed by atoms with E-state index in [1.165, 1.54) is 18.3 Å². The van der Waals surface area contributed by atoms with Crippen molar-refractivity contribution in [2.45, 2.75) is 39.2 Å². The summed E-state index contributed by atoms with van der Waals surface area (Å²) in [7, 11) is 1.41. The largest absolute Gasteiger partial charge is 0.465 e. The lowest BCUT2D eigenvalue weighted by Crippen LogP contribution is -2.09. The second-order valence-corrected chi connectivity index (χ2v) is 7.00. The van der Waals surface area contributed by atoms with Gasteiger partial charge in [-0.1, -0.05) is 37.6 Å². The van der Waals surface area contributed by atoms with Crippen molar-refractivity contribution in [3.8, 4) is 0 Å². The molecule has 0 aliphatic rings. The lowest BCUT2D eigenvalue weighted by molar-refractivity contribution is 0.0600. The number of ether oxygens (including phenoxy) is 1. The molecule has 0 amide bonds. The maximum Gasteiger partial charge on any atom is 0.337 e. The molecular formula is C22H24ClNO2. The molecule has 0 atom stereocenters. The third-order valence-electron chi connectivity index (χ3n) is 4.99. The van der Waals surface area contributed by atoms with Gasteiger partial charge in [-0.15, -0.1) is 0 Å². The average Bonchev–Trinajstić information content (AvgIpc) is 2.99. The Labute approximate surface area is 159 Å². The molecular weight excluding hydrogens is 346 g/mol. The average molecular weight is 370 g/mol. The number of nitrogens with zero attached hydrogens (tertiary/aromatic N) is 1. The van der Waals surface area contributed by atoms with Crippen LogP contribution >= 0.6 is 11.6 Å². The van der Waals surface area contributed by atoms with Crippen molar-refractivity contribution in [1.82, 2.24) is 4.57 Å². The van der Waals surface area contributed by atoms with E-state index in [1.807, 2.05) is 30.3 Å². The van der Waals surface area contributed by atoms with Gasteiger partial charge < -0.3 is 9.30 Å². The smallest absolute Gasteiger partial charge is 0.337 e. The van der Waals surface area contributed by atoms with Crippen molar-refractivity contribution in [3.63, 3.8) is 0 Å². The molecule has 0 saturated heterocycles. The topological polar surface area (TPSA) is 31.2 Å². The first-order chi connectivity index (χ1) is 12.6. The summed E-state index contributed by atoms with van der Waals surface area (Å²) in [6.45, 7) is 5.16. The molecule has 0 N–H and O–H groups in total. The molecule has 2 aromatic carbocycles. The van der Waals surface area contributed by atoms with Crippen LogP contribution in [0, 0.1) is 0 Å². The normalized spacial score (nSPS) is 11.3. The lowest BCUT2D eigenvalue weighted by atomic mass is 9.99. The molecule has 1 heterocycles. The zero-order valence-electron chi connectivity index (χ0n) is 15.5. The van der Waals surface area contributed by atoms with E-state index in [2.05, 4.69) is 30.5 Å². The maximum absolute atomic E-state index is 11.8. The predicted molar refractivity (Wildman–Crippen MR) is 107 cm³/mol. The standard InChI is InChI=1S/C22H24ClNO2/c1-4-16(5-2)21-13-18-12-19(23)9-10-20(18)24(21)14-15-7-6-8-17(11-15)22(25)26-3/h6-13,16H,4-5,14H2,1-3H3. The molecule has 0 aliphatic heterocycles. The number of methoxy groups -OCH3 is 1. The molecule has 0 bridgehead atoms. The molecule has 4 heteroatoms. The number of esters is 1. The van der Waals surface area contributed by atoms with Crippen molar-refractivity contribution in [3.05, 3.63) is 70.4 Å². The van der Waals surface area contributed by atoms with Crippen molar-refractivity contribution in [1.29, 1.82) is 0 Å². The van der Waals surface area contributed by atoms with Crippen LogP contribution in [0.4, 0.5) is 0 Å². The number of rotatable bonds is 6. The van der Waals surface area contributed by atoms with Crippen LogP contribution in [-0.2, 0) is 11.3 Å². The highest BCUT2D eigenvalue weighted by atomic mass is 35.5. The van der Waals surface area contributed by atoms with Crippen molar-refractivity contribution >= 4 is 28.5 Å². The minimum Gasteiger partial charge on any atom is -0.465 e. The quantitative estimate of drug-likeness (QED) is 0.496. The van der Waals surface area contributed by atoms with Crippen molar-refractivity contribution in [2.75, 3.05) is 7.11 Å². The Hall–Kier alpha value is -2.26. The molecule has 3 rings (SSSR count). The molecule has 0 unspecified atom stereocenters. The minimum atomic E-state index is -0.309. The van der Waals surface area contributed by atoms with E-state index < -0.39 is 0 Å². The van der Waals surface area contributed by atoms with Gasteiger partial charge in [-0.25, -0.2) is 4.79 Å². The van der Waals surface area contributed by atoms with E-state index in [9.17, 15) is 4.79 Å². The van der Waals surface area contributed by atoms with E-state index in [1.54, 1.807) is 6.07 Å². The monoisotopic (exact) mass is 369 g/mol. The molecule has 26 heavy (non-hydrogen) atoms. The molecule has 0 radical (unpaired) electrons. The summed E-state index contributed by atoms with van der Waals surface area (Å²) in [5.74, 6) is 0.182. The molecule has 0 aliphatic carbocycles. The Morgan fingerprint density at radius 3 is 2.58 bits per heavy atom. The summed E-state index contributed by atoms with van der Waals surface area (Å²) in [6.07, 6.45) is 2.17. The third kappa shape index (κ3) is 3.63. The Kier molecular flexibility index (Phi) is 5.67. The summed E-state index contributed by atoms with van der Waals surface area (Å²) >= 11 is 6.20. The fourth-order valence-corrected chi connectivity index (χ4v) is 3.76. The van der Waals surface area contributed by atoms with Gasteiger partial charge in [0.25, 0.3) is 0 Å². The number of benzene rings is 2. The van der Waals surface area contributed by atoms with Crippen LogP contribution in [0.25, 0.3) is 10.9 Å². The molecule has 1 aromatic heterocycles. The number of fused-ring (bicyclic) bond motifs is 1. The van der Waals surface area contributed by atoms with E-state index in [0.29, 0.717) is 18.0 Å². The summed E-state index contributed by atoms with van der Waals surface area (Å²) in [5.41, 5.74) is 4.14. The highest BCUT2D eigenvalue weighted by molar-refractivity contribution is 6.31. The fourth-order valence-electron chi connectivity index (χ4n) is 3.58. The number of hydrogen-bond donors (Lipinski definition) is 0. The van der Waals surface area contributed by atoms with Gasteiger partial charge in [-0.3, -0.25) is 0 Å². The van der Waals surface area contributed by atoms with Crippen LogP contribution in [0.3, 0.4) is 0 Å². The number of carbonyl (C=O) groups excluding carboxylic acids is 1. The molecule has 0 saturated carbocycles. The Balaban J connectivity index is 2.08. The van der Waals surface area contributed by atoms with Gasteiger partial charge in [0.1, 0.15) is 0 Å². The molecule has 3 aromatic rings. The summed E-state index contributed by atoms with van der Waals surface area (Å²) in [5, 5.41) is 1.90. The lowest BCUT2D eigenvalue weighted by Gasteiger charge is -2.18. The van der Waals surface area contributed by atoms with Gasteiger partial charge in [-0.05, 0) is 60.7 Å². The first-order valence-corrected chi connectivity index (χ1v) is 9.41. The van der Waals surface area contributed by atoms with Crippen LogP contribution in [0.2, 0.25) is 5.02 Å². The van der Waals surface area contributed by atoms with Gasteiger partial charge >= 0.3 is 5.97 Å². The van der Waals surface area contributed by atoms with Gasteiger partial charge in [0, 0.05) is 28.2 Å². The molecule has 0 spiro atoms. The van der Waals surface area contributed by atoms with Crippen molar-refractivity contribution in [2.24, 2.45) is 0 Å². The van der Waals surface area contributed by atoms with Crippen molar-refractivity contribution < 1.29 is 9.53 Å². The summed E-state index contributed by atoms with van der Waals surface area (Å²) in [4.78, 5) is 11.8. The zero-order valence-corrected chi connectivity index (χ0v) is 16.2. The van der Waals surface area contributed by atoms with Crippen LogP contribution in [-0.4, -0.2) is 17.6 Å². The second-order valence-electron chi connectivity index (χ2n) is 6.56. The first-order valence-electron chi connectivity index (χ1n) is 9.03. The van der Waals surface area contributed by atoms with E-state index >= 15 is 0 Å². The van der Waals surface area contributed by atoms with Crippen LogP contribution in [0.5, 0.6) is 0 Å². The van der Waals surface area contributed by atoms with E-state index in [4.69, 9.17) is 16.3 Å². The van der Waals surface area contributed by atoms with Crippen LogP contribution < -0.4 is 0 Å². The Bertz CT molecular complexity index is 925. The second kappa shape index (κ2) is 7.96. The first kappa shape index (κ1) is 18.5. The van der Waals surface area contributed by atoms with Crippen LogP contribution in [0.15, 0.2) is 48.5 Å². The van der Waals surface area contributed by atoms with Gasteiger partial charge in [0.2, 0.25) is 0 Å². The summed E-state index contributed by atoms with van der Waals surface area (Å²) in [6, 6.07) is 15.9.